The summed E-state index contributed by atoms with van der Waals surface area (Å²) in [6, 6.07) is 0. The van der Waals surface area contributed by atoms with Crippen molar-refractivity contribution >= 4 is 0 Å². The van der Waals surface area contributed by atoms with Gasteiger partial charge in [-0.3, -0.25) is 0 Å². The van der Waals surface area contributed by atoms with Gasteiger partial charge in [-0.05, 0) is 16.8 Å². The van der Waals surface area contributed by atoms with Crippen molar-refractivity contribution < 1.29 is 8.78 Å². The Morgan fingerprint density at radius 3 is 2.64 bits per heavy atom. The van der Waals surface area contributed by atoms with E-state index >= 15 is 0 Å². The van der Waals surface area contributed by atoms with Gasteiger partial charge in [0, 0.05) is 24.9 Å². The molecule has 1 heterocycles. The van der Waals surface area contributed by atoms with Crippen molar-refractivity contribution in [3.8, 4) is 0 Å². The van der Waals surface area contributed by atoms with Crippen molar-refractivity contribution in [3.63, 3.8) is 0 Å². The molecule has 1 saturated carbocycles. The molecule has 7 heteroatoms. The summed E-state index contributed by atoms with van der Waals surface area (Å²) < 4.78 is 26.6. The Morgan fingerprint density at radius 2 is 2.14 bits per heavy atom. The standard InChI is InChI=1S/C7H11F2N5/c8-7(9)3-6(10,4-7)1-2-14-5-11-12-13-14/h5H,1-4,10H2. The minimum atomic E-state index is -2.57. The smallest absolute Gasteiger partial charge is 0.251 e. The van der Waals surface area contributed by atoms with Gasteiger partial charge in [0.1, 0.15) is 6.33 Å². The van der Waals surface area contributed by atoms with Gasteiger partial charge >= 0.3 is 0 Å². The van der Waals surface area contributed by atoms with Gasteiger partial charge in [0.15, 0.2) is 0 Å². The number of aryl methyl sites for hydroxylation is 1. The van der Waals surface area contributed by atoms with E-state index in [0.29, 0.717) is 13.0 Å². The van der Waals surface area contributed by atoms with Gasteiger partial charge in [-0.2, -0.15) is 0 Å². The number of aromatic nitrogens is 4. The Labute approximate surface area is 79.3 Å². The van der Waals surface area contributed by atoms with Gasteiger partial charge in [0.25, 0.3) is 5.92 Å². The molecular formula is C7H11F2N5. The maximum Gasteiger partial charge on any atom is 0.251 e. The summed E-state index contributed by atoms with van der Waals surface area (Å²) in [4.78, 5) is 0. The van der Waals surface area contributed by atoms with E-state index in [-0.39, 0.29) is 12.8 Å². The van der Waals surface area contributed by atoms with E-state index in [1.807, 2.05) is 0 Å². The van der Waals surface area contributed by atoms with E-state index in [4.69, 9.17) is 5.73 Å². The number of hydrogen-bond donors (Lipinski definition) is 1. The fourth-order valence-corrected chi connectivity index (χ4v) is 1.78. The molecule has 0 aliphatic heterocycles. The van der Waals surface area contributed by atoms with Crippen molar-refractivity contribution in [1.82, 2.24) is 20.2 Å². The summed E-state index contributed by atoms with van der Waals surface area (Å²) in [5.74, 6) is -2.57. The molecule has 5 nitrogen and oxygen atoms in total. The second-order valence-corrected chi connectivity index (χ2v) is 3.89. The Balaban J connectivity index is 1.82. The van der Waals surface area contributed by atoms with E-state index in [0.717, 1.165) is 0 Å². The number of rotatable bonds is 3. The molecule has 0 unspecified atom stereocenters. The van der Waals surface area contributed by atoms with Crippen molar-refractivity contribution in [2.75, 3.05) is 0 Å². The second kappa shape index (κ2) is 2.94. The van der Waals surface area contributed by atoms with Crippen LogP contribution in [0, 0.1) is 0 Å². The second-order valence-electron chi connectivity index (χ2n) is 3.89. The van der Waals surface area contributed by atoms with Crippen LogP contribution in [-0.2, 0) is 6.54 Å². The highest BCUT2D eigenvalue weighted by Crippen LogP contribution is 2.45. The summed E-state index contributed by atoms with van der Waals surface area (Å²) in [5.41, 5.74) is 4.99. The Hall–Kier alpha value is -1.11. The van der Waals surface area contributed by atoms with Crippen LogP contribution in [0.5, 0.6) is 0 Å². The highest BCUT2D eigenvalue weighted by molar-refractivity contribution is 5.03. The van der Waals surface area contributed by atoms with Crippen LogP contribution >= 0.6 is 0 Å². The first kappa shape index (κ1) is 9.45. The van der Waals surface area contributed by atoms with Crippen LogP contribution in [0.1, 0.15) is 19.3 Å². The van der Waals surface area contributed by atoms with Crippen LogP contribution < -0.4 is 5.73 Å². The third-order valence-corrected chi connectivity index (χ3v) is 2.45. The molecule has 1 fully saturated rings. The Morgan fingerprint density at radius 1 is 1.43 bits per heavy atom. The lowest BCUT2D eigenvalue weighted by molar-refractivity contribution is -0.125. The first-order valence-corrected chi connectivity index (χ1v) is 4.37. The van der Waals surface area contributed by atoms with Crippen molar-refractivity contribution in [3.05, 3.63) is 6.33 Å². The van der Waals surface area contributed by atoms with E-state index in [9.17, 15) is 8.78 Å². The molecule has 2 N–H and O–H groups in total. The molecular weight excluding hydrogens is 192 g/mol. The van der Waals surface area contributed by atoms with Crippen LogP contribution in [0.2, 0.25) is 0 Å². The molecule has 0 amide bonds. The van der Waals surface area contributed by atoms with Gasteiger partial charge in [-0.15, -0.1) is 5.10 Å². The minimum absolute atomic E-state index is 0.234. The number of halogens is 2. The van der Waals surface area contributed by atoms with E-state index < -0.39 is 11.5 Å². The number of nitrogens with two attached hydrogens (primary N) is 1. The zero-order valence-corrected chi connectivity index (χ0v) is 7.53. The maximum atomic E-state index is 12.6. The predicted octanol–water partition coefficient (Wildman–Crippen LogP) is 0.190. The van der Waals surface area contributed by atoms with Crippen molar-refractivity contribution in [1.29, 1.82) is 0 Å². The molecule has 1 aliphatic rings. The molecule has 1 aliphatic carbocycles. The molecule has 0 saturated heterocycles. The molecule has 0 atom stereocenters. The van der Waals surface area contributed by atoms with Crippen molar-refractivity contribution in [2.45, 2.75) is 37.3 Å². The number of tetrazole rings is 1. The van der Waals surface area contributed by atoms with Gasteiger partial charge in [0.05, 0.1) is 0 Å². The van der Waals surface area contributed by atoms with Gasteiger partial charge in [-0.1, -0.05) is 0 Å². The van der Waals surface area contributed by atoms with Crippen LogP contribution in [0.3, 0.4) is 0 Å². The summed E-state index contributed by atoms with van der Waals surface area (Å²) in [5, 5.41) is 10.5. The van der Waals surface area contributed by atoms with E-state index in [1.54, 1.807) is 0 Å². The first-order chi connectivity index (χ1) is 6.49. The fourth-order valence-electron chi connectivity index (χ4n) is 1.78. The first-order valence-electron chi connectivity index (χ1n) is 4.37. The number of hydrogen-bond acceptors (Lipinski definition) is 4. The topological polar surface area (TPSA) is 69.6 Å². The van der Waals surface area contributed by atoms with E-state index in [2.05, 4.69) is 15.5 Å². The maximum absolute atomic E-state index is 12.6. The quantitative estimate of drug-likeness (QED) is 0.761. The molecule has 0 bridgehead atoms. The lowest BCUT2D eigenvalue weighted by Gasteiger charge is -2.44. The van der Waals surface area contributed by atoms with Crippen LogP contribution in [0.25, 0.3) is 0 Å². The average Bonchev–Trinajstić information content (AvgIpc) is 2.48. The molecule has 2 rings (SSSR count). The lowest BCUT2D eigenvalue weighted by atomic mass is 9.72. The molecule has 0 spiro atoms. The third kappa shape index (κ3) is 1.87. The van der Waals surface area contributed by atoms with Gasteiger partial charge in [-0.25, -0.2) is 13.5 Å². The number of nitrogens with zero attached hydrogens (tertiary/aromatic N) is 4. The Bertz CT molecular complexity index is 302. The molecule has 0 aromatic carbocycles. The van der Waals surface area contributed by atoms with Crippen LogP contribution in [-0.4, -0.2) is 31.7 Å². The zero-order valence-electron chi connectivity index (χ0n) is 7.53. The summed E-state index contributed by atoms with van der Waals surface area (Å²) in [6.45, 7) is 0.486. The normalized spacial score (nSPS) is 23.1. The third-order valence-electron chi connectivity index (χ3n) is 2.45. The predicted molar refractivity (Wildman–Crippen MR) is 43.5 cm³/mol. The minimum Gasteiger partial charge on any atom is -0.325 e. The highest BCUT2D eigenvalue weighted by Gasteiger charge is 2.53. The molecule has 1 aromatic heterocycles. The lowest BCUT2D eigenvalue weighted by Crippen LogP contribution is -2.58. The monoisotopic (exact) mass is 203 g/mol. The zero-order chi connectivity index (χ0) is 10.2. The van der Waals surface area contributed by atoms with Gasteiger partial charge < -0.3 is 5.73 Å². The van der Waals surface area contributed by atoms with Crippen LogP contribution in [0.15, 0.2) is 6.33 Å². The SMILES string of the molecule is NC1(CCn2cnnn2)CC(F)(F)C1. The molecule has 78 valence electrons. The Kier molecular flexibility index (Phi) is 1.99. The average molecular weight is 203 g/mol. The molecule has 0 radical (unpaired) electrons. The largest absolute Gasteiger partial charge is 0.325 e. The fraction of sp³-hybridized carbons (Fsp3) is 0.857. The summed E-state index contributed by atoms with van der Waals surface area (Å²) >= 11 is 0. The number of alkyl halides is 2. The van der Waals surface area contributed by atoms with E-state index in [1.165, 1.54) is 11.0 Å². The summed E-state index contributed by atoms with van der Waals surface area (Å²) in [7, 11) is 0. The van der Waals surface area contributed by atoms with Crippen LogP contribution in [0.4, 0.5) is 8.78 Å². The van der Waals surface area contributed by atoms with Crippen molar-refractivity contribution in [2.24, 2.45) is 5.73 Å². The molecule has 14 heavy (non-hydrogen) atoms. The highest BCUT2D eigenvalue weighted by atomic mass is 19.3. The van der Waals surface area contributed by atoms with Gasteiger partial charge in [0.2, 0.25) is 0 Å². The molecule has 1 aromatic rings. The summed E-state index contributed by atoms with van der Waals surface area (Å²) in [6.07, 6.45) is 1.46.